The van der Waals surface area contributed by atoms with Crippen molar-refractivity contribution in [2.45, 2.75) is 117 Å². The van der Waals surface area contributed by atoms with Crippen LogP contribution in [0.2, 0.25) is 0 Å². The minimum absolute atomic E-state index is 0.191. The largest absolute Gasteiger partial charge is 0.0654 e. The first-order chi connectivity index (χ1) is 10.8. The standard InChI is InChI=1S/C20H42BrP/c1-3-5-6-7-8-9-10-11-12-13-14-15-16-17-18-19-20-22(21)4-2/h3-20H2,1-2H3. The fourth-order valence-corrected chi connectivity index (χ4v) is 4.62. The minimum Gasteiger partial charge on any atom is -0.0654 e. The van der Waals surface area contributed by atoms with Crippen LogP contribution in [0.3, 0.4) is 0 Å². The molecule has 0 rings (SSSR count). The predicted molar refractivity (Wildman–Crippen MR) is 111 cm³/mol. The third kappa shape index (κ3) is 19.0. The van der Waals surface area contributed by atoms with Crippen LogP contribution in [0.25, 0.3) is 0 Å². The number of halogens is 1. The van der Waals surface area contributed by atoms with Crippen molar-refractivity contribution in [3.63, 3.8) is 0 Å². The first-order valence-corrected chi connectivity index (χ1v) is 13.9. The average Bonchev–Trinajstić information content (AvgIpc) is 2.54. The van der Waals surface area contributed by atoms with Crippen molar-refractivity contribution in [1.29, 1.82) is 0 Å². The molecule has 0 bridgehead atoms. The summed E-state index contributed by atoms with van der Waals surface area (Å²) >= 11 is 3.79. The molecule has 0 saturated heterocycles. The van der Waals surface area contributed by atoms with Crippen LogP contribution in [0.1, 0.15) is 117 Å². The topological polar surface area (TPSA) is 0 Å². The molecule has 0 N–H and O–H groups in total. The van der Waals surface area contributed by atoms with Gasteiger partial charge in [0.15, 0.2) is 0 Å². The summed E-state index contributed by atoms with van der Waals surface area (Å²) in [6, 6.07) is 0. The van der Waals surface area contributed by atoms with Crippen LogP contribution in [-0.2, 0) is 0 Å². The van der Waals surface area contributed by atoms with Gasteiger partial charge < -0.3 is 0 Å². The summed E-state index contributed by atoms with van der Waals surface area (Å²) < 4.78 is 0. The van der Waals surface area contributed by atoms with Crippen LogP contribution >= 0.6 is 22.1 Å². The van der Waals surface area contributed by atoms with Crippen LogP contribution in [0, 0.1) is 0 Å². The van der Waals surface area contributed by atoms with Gasteiger partial charge in [0.05, 0.1) is 0 Å². The molecule has 0 aromatic rings. The average molecular weight is 393 g/mol. The monoisotopic (exact) mass is 392 g/mol. The van der Waals surface area contributed by atoms with E-state index < -0.39 is 0 Å². The van der Waals surface area contributed by atoms with E-state index in [1.54, 1.807) is 0 Å². The summed E-state index contributed by atoms with van der Waals surface area (Å²) in [6.45, 7) is 4.79. The van der Waals surface area contributed by atoms with Crippen molar-refractivity contribution in [3.05, 3.63) is 0 Å². The molecular weight excluding hydrogens is 351 g/mol. The summed E-state index contributed by atoms with van der Waals surface area (Å²) in [4.78, 5) is 0. The van der Waals surface area contributed by atoms with Crippen molar-refractivity contribution < 1.29 is 0 Å². The first-order valence-electron chi connectivity index (χ1n) is 10.2. The summed E-state index contributed by atoms with van der Waals surface area (Å²) in [5.74, 6) is 0. The van der Waals surface area contributed by atoms with Crippen molar-refractivity contribution in [3.8, 4) is 0 Å². The van der Waals surface area contributed by atoms with Crippen LogP contribution in [0.15, 0.2) is 0 Å². The number of unbranched alkanes of at least 4 members (excludes halogenated alkanes) is 15. The molecule has 0 nitrogen and oxygen atoms in total. The molecule has 0 spiro atoms. The quantitative estimate of drug-likeness (QED) is 0.161. The van der Waals surface area contributed by atoms with Crippen LogP contribution in [0.5, 0.6) is 0 Å². The van der Waals surface area contributed by atoms with Gasteiger partial charge in [0.25, 0.3) is 0 Å². The lowest BCUT2D eigenvalue weighted by molar-refractivity contribution is 0.531. The van der Waals surface area contributed by atoms with Crippen molar-refractivity contribution in [2.24, 2.45) is 0 Å². The molecule has 0 aliphatic heterocycles. The minimum atomic E-state index is 0.191. The lowest BCUT2D eigenvalue weighted by atomic mass is 10.0. The molecule has 0 amide bonds. The second-order valence-corrected chi connectivity index (χ2v) is 11.8. The summed E-state index contributed by atoms with van der Waals surface area (Å²) in [5, 5.41) is 0. The molecule has 0 aliphatic carbocycles. The molecule has 1 atom stereocenters. The molecule has 1 unspecified atom stereocenters. The SMILES string of the molecule is CCCCCCCCCCCCCCCCCCP(Br)CC. The Kier molecular flexibility index (Phi) is 20.8. The first kappa shape index (κ1) is 22.9. The summed E-state index contributed by atoms with van der Waals surface area (Å²) in [6.07, 6.45) is 26.3. The van der Waals surface area contributed by atoms with E-state index in [4.69, 9.17) is 0 Å². The van der Waals surface area contributed by atoms with Gasteiger partial charge in [-0.25, -0.2) is 0 Å². The van der Waals surface area contributed by atoms with Gasteiger partial charge in [0.1, 0.15) is 0 Å². The Morgan fingerprint density at radius 2 is 0.818 bits per heavy atom. The third-order valence-corrected chi connectivity index (χ3v) is 8.65. The fraction of sp³-hybridized carbons (Fsp3) is 1.00. The van der Waals surface area contributed by atoms with Gasteiger partial charge in [-0.3, -0.25) is 0 Å². The van der Waals surface area contributed by atoms with E-state index in [0.29, 0.717) is 0 Å². The second-order valence-electron chi connectivity index (χ2n) is 6.81. The van der Waals surface area contributed by atoms with Gasteiger partial charge in [-0.15, -0.1) is 0 Å². The van der Waals surface area contributed by atoms with E-state index in [1.807, 2.05) is 0 Å². The van der Waals surface area contributed by atoms with E-state index in [0.717, 1.165) is 0 Å². The fourth-order valence-electron chi connectivity index (χ4n) is 2.99. The van der Waals surface area contributed by atoms with E-state index >= 15 is 0 Å². The Bertz CT molecular complexity index is 196. The second kappa shape index (κ2) is 20.0. The van der Waals surface area contributed by atoms with Gasteiger partial charge in [-0.05, 0) is 25.4 Å². The van der Waals surface area contributed by atoms with Crippen LogP contribution < -0.4 is 0 Å². The maximum absolute atomic E-state index is 3.79. The third-order valence-electron chi connectivity index (χ3n) is 4.60. The highest BCUT2D eigenvalue weighted by Crippen LogP contribution is 2.44. The number of rotatable bonds is 18. The van der Waals surface area contributed by atoms with Gasteiger partial charge in [-0.1, -0.05) is 126 Å². The van der Waals surface area contributed by atoms with Gasteiger partial charge in [0.2, 0.25) is 0 Å². The highest BCUT2D eigenvalue weighted by atomic mass is 79.9. The Labute approximate surface area is 151 Å². The van der Waals surface area contributed by atoms with Crippen molar-refractivity contribution in [2.75, 3.05) is 12.3 Å². The zero-order valence-corrected chi connectivity index (χ0v) is 18.0. The molecule has 0 fully saturated rings. The van der Waals surface area contributed by atoms with E-state index in [-0.39, 0.29) is 6.62 Å². The summed E-state index contributed by atoms with van der Waals surface area (Å²) in [7, 11) is 0. The molecule has 0 aliphatic rings. The smallest absolute Gasteiger partial charge is 0.0227 e. The van der Waals surface area contributed by atoms with E-state index in [1.165, 1.54) is 115 Å². The van der Waals surface area contributed by atoms with Gasteiger partial charge in [0, 0.05) is 0 Å². The van der Waals surface area contributed by atoms with Crippen molar-refractivity contribution in [1.82, 2.24) is 0 Å². The molecule has 22 heavy (non-hydrogen) atoms. The number of hydrogen-bond acceptors (Lipinski definition) is 0. The predicted octanol–water partition coefficient (Wildman–Crippen LogP) is 9.06. The molecule has 0 heterocycles. The molecule has 0 aromatic carbocycles. The van der Waals surface area contributed by atoms with Gasteiger partial charge in [-0.2, -0.15) is 0 Å². The van der Waals surface area contributed by atoms with Crippen LogP contribution in [-0.4, -0.2) is 12.3 Å². The lowest BCUT2D eigenvalue weighted by Gasteiger charge is -2.06. The molecule has 0 radical (unpaired) electrons. The van der Waals surface area contributed by atoms with Crippen LogP contribution in [0.4, 0.5) is 0 Å². The zero-order valence-electron chi connectivity index (χ0n) is 15.6. The highest BCUT2D eigenvalue weighted by molar-refractivity contribution is 9.39. The molecule has 134 valence electrons. The Hall–Kier alpha value is 0.910. The molecule has 0 aromatic heterocycles. The maximum Gasteiger partial charge on any atom is -0.0227 e. The highest BCUT2D eigenvalue weighted by Gasteiger charge is 1.99. The molecular formula is C20H42BrP. The Balaban J connectivity index is 2.97. The van der Waals surface area contributed by atoms with Crippen molar-refractivity contribution >= 4 is 22.1 Å². The Morgan fingerprint density at radius 3 is 1.14 bits per heavy atom. The normalized spacial score (nSPS) is 12.7. The zero-order chi connectivity index (χ0) is 16.3. The molecule has 2 heteroatoms. The lowest BCUT2D eigenvalue weighted by Crippen LogP contribution is -1.85. The van der Waals surface area contributed by atoms with Gasteiger partial charge >= 0.3 is 0 Å². The number of hydrogen-bond donors (Lipinski definition) is 0. The van der Waals surface area contributed by atoms with E-state index in [9.17, 15) is 0 Å². The van der Waals surface area contributed by atoms with E-state index in [2.05, 4.69) is 29.3 Å². The Morgan fingerprint density at radius 1 is 0.500 bits per heavy atom. The maximum atomic E-state index is 3.79. The summed E-state index contributed by atoms with van der Waals surface area (Å²) in [5.41, 5.74) is 0. The molecule has 0 saturated carbocycles.